The molecule has 7 nitrogen and oxygen atoms in total. The predicted molar refractivity (Wildman–Crippen MR) is 89.1 cm³/mol. The molecule has 24 heavy (non-hydrogen) atoms. The van der Waals surface area contributed by atoms with Crippen LogP contribution in [0, 0.1) is 0 Å². The summed E-state index contributed by atoms with van der Waals surface area (Å²) in [5.74, 6) is -0.777. The standard InChI is InChI=1S/C16H12BrN3O4/c1-9(21)10-4-13(18-6-10)16(23)24-8-12-5-15(22)20-7-11(17)2-3-14(20)19-12/h2-7,18H,8H2,1H3. The van der Waals surface area contributed by atoms with Crippen LogP contribution in [0.3, 0.4) is 0 Å². The van der Waals surface area contributed by atoms with Crippen LogP contribution in [0.25, 0.3) is 5.65 Å². The summed E-state index contributed by atoms with van der Waals surface area (Å²) in [4.78, 5) is 42.2. The fourth-order valence-corrected chi connectivity index (χ4v) is 2.47. The minimum atomic E-state index is -0.625. The van der Waals surface area contributed by atoms with Crippen molar-refractivity contribution in [2.75, 3.05) is 0 Å². The van der Waals surface area contributed by atoms with Crippen molar-refractivity contribution in [3.8, 4) is 0 Å². The molecule has 0 aromatic carbocycles. The molecule has 0 saturated heterocycles. The van der Waals surface area contributed by atoms with Crippen LogP contribution < -0.4 is 5.56 Å². The third kappa shape index (κ3) is 3.28. The first-order chi connectivity index (χ1) is 11.4. The Labute approximate surface area is 144 Å². The van der Waals surface area contributed by atoms with Gasteiger partial charge in [0.2, 0.25) is 0 Å². The van der Waals surface area contributed by atoms with Gasteiger partial charge < -0.3 is 9.72 Å². The van der Waals surface area contributed by atoms with Gasteiger partial charge in [-0.1, -0.05) is 0 Å². The van der Waals surface area contributed by atoms with Gasteiger partial charge in [-0.05, 0) is 41.1 Å². The zero-order valence-electron chi connectivity index (χ0n) is 12.6. The van der Waals surface area contributed by atoms with Crippen LogP contribution in [0.15, 0.2) is 45.9 Å². The van der Waals surface area contributed by atoms with E-state index in [0.717, 1.165) is 4.47 Å². The lowest BCUT2D eigenvalue weighted by Gasteiger charge is -2.05. The van der Waals surface area contributed by atoms with Gasteiger partial charge in [0.1, 0.15) is 17.9 Å². The van der Waals surface area contributed by atoms with Gasteiger partial charge in [-0.25, -0.2) is 9.78 Å². The molecule has 0 radical (unpaired) electrons. The number of aromatic amines is 1. The van der Waals surface area contributed by atoms with Crippen LogP contribution in [0.4, 0.5) is 0 Å². The Morgan fingerprint density at radius 1 is 1.33 bits per heavy atom. The molecule has 8 heteroatoms. The lowest BCUT2D eigenvalue weighted by Crippen LogP contribution is -2.16. The Morgan fingerprint density at radius 3 is 2.83 bits per heavy atom. The first-order valence-electron chi connectivity index (χ1n) is 6.98. The summed E-state index contributed by atoms with van der Waals surface area (Å²) in [7, 11) is 0. The normalized spacial score (nSPS) is 10.8. The Morgan fingerprint density at radius 2 is 2.12 bits per heavy atom. The SMILES string of the molecule is CC(=O)c1c[nH]c(C(=O)OCc2cc(=O)n3cc(Br)ccc3n2)c1. The maximum atomic E-state index is 12.1. The minimum absolute atomic E-state index is 0.144. The van der Waals surface area contributed by atoms with E-state index < -0.39 is 5.97 Å². The molecule has 0 aliphatic rings. The van der Waals surface area contributed by atoms with Gasteiger partial charge in [0.25, 0.3) is 5.56 Å². The number of fused-ring (bicyclic) bond motifs is 1. The number of aromatic nitrogens is 3. The lowest BCUT2D eigenvalue weighted by molar-refractivity contribution is 0.0461. The highest BCUT2D eigenvalue weighted by atomic mass is 79.9. The van der Waals surface area contributed by atoms with Crippen LogP contribution >= 0.6 is 15.9 Å². The summed E-state index contributed by atoms with van der Waals surface area (Å²) in [6.45, 7) is 1.26. The number of H-pyrrole nitrogens is 1. The number of halogens is 1. The molecule has 0 bridgehead atoms. The summed E-state index contributed by atoms with van der Waals surface area (Å²) in [5, 5.41) is 0. The van der Waals surface area contributed by atoms with Gasteiger partial charge in [-0.3, -0.25) is 14.0 Å². The smallest absolute Gasteiger partial charge is 0.355 e. The molecule has 0 unspecified atom stereocenters. The van der Waals surface area contributed by atoms with Crippen molar-refractivity contribution in [1.82, 2.24) is 14.4 Å². The van der Waals surface area contributed by atoms with E-state index in [1.807, 2.05) is 0 Å². The Bertz CT molecular complexity index is 1010. The quantitative estimate of drug-likeness (QED) is 0.545. The average molecular weight is 390 g/mol. The number of esters is 1. The Hall–Kier alpha value is -2.74. The molecule has 1 N–H and O–H groups in total. The van der Waals surface area contributed by atoms with Crippen molar-refractivity contribution >= 4 is 33.3 Å². The number of pyridine rings is 1. The van der Waals surface area contributed by atoms with Gasteiger partial charge in [-0.2, -0.15) is 0 Å². The maximum Gasteiger partial charge on any atom is 0.355 e. The molecule has 122 valence electrons. The molecule has 0 atom stereocenters. The van der Waals surface area contributed by atoms with Gasteiger partial charge in [0, 0.05) is 28.5 Å². The van der Waals surface area contributed by atoms with E-state index in [4.69, 9.17) is 4.74 Å². The number of Topliss-reactive ketones (excluding diaryl/α,β-unsaturated/α-hetero) is 1. The zero-order chi connectivity index (χ0) is 17.3. The zero-order valence-corrected chi connectivity index (χ0v) is 14.2. The van der Waals surface area contributed by atoms with E-state index in [9.17, 15) is 14.4 Å². The van der Waals surface area contributed by atoms with Crippen LogP contribution in [-0.4, -0.2) is 26.1 Å². The molecule has 3 rings (SSSR count). The second-order valence-corrected chi connectivity index (χ2v) is 6.01. The summed E-state index contributed by atoms with van der Waals surface area (Å²) >= 11 is 3.29. The number of nitrogens with zero attached hydrogens (tertiary/aromatic N) is 2. The molecule has 0 aliphatic heterocycles. The Balaban J connectivity index is 1.77. The van der Waals surface area contributed by atoms with E-state index >= 15 is 0 Å². The molecule has 3 aromatic rings. The lowest BCUT2D eigenvalue weighted by atomic mass is 10.2. The van der Waals surface area contributed by atoms with E-state index in [1.165, 1.54) is 29.7 Å². The Kier molecular flexibility index (Phi) is 4.30. The molecule has 0 saturated carbocycles. The van der Waals surface area contributed by atoms with Gasteiger partial charge in [-0.15, -0.1) is 0 Å². The van der Waals surface area contributed by atoms with Crippen molar-refractivity contribution in [2.45, 2.75) is 13.5 Å². The van der Waals surface area contributed by atoms with Crippen LogP contribution in [0.1, 0.15) is 33.5 Å². The first-order valence-corrected chi connectivity index (χ1v) is 7.77. The molecule has 0 spiro atoms. The molecule has 0 fully saturated rings. The van der Waals surface area contributed by atoms with E-state index in [-0.39, 0.29) is 23.6 Å². The van der Waals surface area contributed by atoms with E-state index in [2.05, 4.69) is 25.9 Å². The molecule has 0 aliphatic carbocycles. The number of ether oxygens (including phenoxy) is 1. The predicted octanol–water partition coefficient (Wildman–Crippen LogP) is 2.34. The minimum Gasteiger partial charge on any atom is -0.455 e. The fourth-order valence-electron chi connectivity index (χ4n) is 2.13. The highest BCUT2D eigenvalue weighted by Gasteiger charge is 2.13. The first kappa shape index (κ1) is 16.1. The number of rotatable bonds is 4. The maximum absolute atomic E-state index is 12.1. The van der Waals surface area contributed by atoms with Crippen molar-refractivity contribution < 1.29 is 14.3 Å². The summed E-state index contributed by atoms with van der Waals surface area (Å²) in [6, 6.07) is 6.17. The number of carbonyl (C=O) groups is 2. The summed E-state index contributed by atoms with van der Waals surface area (Å²) in [5.41, 5.74) is 1.09. The van der Waals surface area contributed by atoms with Crippen molar-refractivity contribution in [3.63, 3.8) is 0 Å². The van der Waals surface area contributed by atoms with E-state index in [0.29, 0.717) is 16.9 Å². The molecule has 3 heterocycles. The molecular weight excluding hydrogens is 378 g/mol. The molecule has 0 amide bonds. The van der Waals surface area contributed by atoms with Crippen LogP contribution in [-0.2, 0) is 11.3 Å². The van der Waals surface area contributed by atoms with Gasteiger partial charge in [0.15, 0.2) is 5.78 Å². The number of hydrogen-bond acceptors (Lipinski definition) is 5. The van der Waals surface area contributed by atoms with Gasteiger partial charge >= 0.3 is 5.97 Å². The second-order valence-electron chi connectivity index (χ2n) is 5.10. The summed E-state index contributed by atoms with van der Waals surface area (Å²) < 4.78 is 7.28. The number of hydrogen-bond donors (Lipinski definition) is 1. The second kappa shape index (κ2) is 6.40. The highest BCUT2D eigenvalue weighted by molar-refractivity contribution is 9.10. The third-order valence-electron chi connectivity index (χ3n) is 3.34. The number of nitrogens with one attached hydrogen (secondary N) is 1. The molecular formula is C16H12BrN3O4. The molecule has 3 aromatic heterocycles. The summed E-state index contributed by atoms with van der Waals surface area (Å²) in [6.07, 6.45) is 3.06. The largest absolute Gasteiger partial charge is 0.455 e. The van der Waals surface area contributed by atoms with Crippen LogP contribution in [0.2, 0.25) is 0 Å². The fraction of sp³-hybridized carbons (Fsp3) is 0.125. The highest BCUT2D eigenvalue weighted by Crippen LogP contribution is 2.11. The average Bonchev–Trinajstić information content (AvgIpc) is 3.04. The number of carbonyl (C=O) groups excluding carboxylic acids is 2. The van der Waals surface area contributed by atoms with Gasteiger partial charge in [0.05, 0.1) is 5.69 Å². The van der Waals surface area contributed by atoms with Crippen molar-refractivity contribution in [2.24, 2.45) is 0 Å². The van der Waals surface area contributed by atoms with E-state index in [1.54, 1.807) is 18.3 Å². The number of ketones is 1. The van der Waals surface area contributed by atoms with Crippen molar-refractivity contribution in [3.05, 3.63) is 68.4 Å². The van der Waals surface area contributed by atoms with Crippen LogP contribution in [0.5, 0.6) is 0 Å². The topological polar surface area (TPSA) is 93.5 Å². The van der Waals surface area contributed by atoms with Crippen molar-refractivity contribution in [1.29, 1.82) is 0 Å². The third-order valence-corrected chi connectivity index (χ3v) is 3.81. The monoisotopic (exact) mass is 389 g/mol.